The third kappa shape index (κ3) is 0.576. The average Bonchev–Trinajstić information content (AvgIpc) is 1.62. The van der Waals surface area contributed by atoms with Gasteiger partial charge in [-0.2, -0.15) is 0 Å². The van der Waals surface area contributed by atoms with Crippen molar-refractivity contribution in [2.24, 2.45) is 5.92 Å². The Morgan fingerprint density at radius 1 is 1.12 bits per heavy atom. The van der Waals surface area contributed by atoms with Crippen molar-refractivity contribution in [2.45, 2.75) is 38.3 Å². The molecule has 2 heterocycles. The van der Waals surface area contributed by atoms with Gasteiger partial charge in [-0.1, -0.05) is 6.92 Å². The number of rotatable bonds is 0. The fourth-order valence-corrected chi connectivity index (χ4v) is 2.05. The van der Waals surface area contributed by atoms with Crippen LogP contribution < -0.4 is 5.32 Å². The van der Waals surface area contributed by atoms with E-state index < -0.39 is 0 Å². The van der Waals surface area contributed by atoms with Crippen molar-refractivity contribution >= 4 is 0 Å². The summed E-state index contributed by atoms with van der Waals surface area (Å²) >= 11 is 0. The Bertz CT molecular complexity index is 84.6. The molecule has 0 aromatic carbocycles. The molecule has 46 valence electrons. The summed E-state index contributed by atoms with van der Waals surface area (Å²) in [5.74, 6) is 1.000. The Morgan fingerprint density at radius 3 is 1.88 bits per heavy atom. The topological polar surface area (TPSA) is 12.0 Å². The molecular weight excluding hydrogens is 98.1 g/mol. The molecule has 1 aliphatic carbocycles. The highest BCUT2D eigenvalue weighted by molar-refractivity contribution is 4.95. The lowest BCUT2D eigenvalue weighted by Gasteiger charge is -2.45. The summed E-state index contributed by atoms with van der Waals surface area (Å²) in [7, 11) is 0. The van der Waals surface area contributed by atoms with Crippen molar-refractivity contribution in [3.8, 4) is 0 Å². The normalized spacial score (nSPS) is 52.9. The van der Waals surface area contributed by atoms with Gasteiger partial charge in [-0.25, -0.2) is 0 Å². The maximum atomic E-state index is 3.51. The molecule has 3 atom stereocenters. The minimum atomic E-state index is 0.906. The average molecular weight is 111 g/mol. The molecular formula is C7H13N. The molecule has 1 saturated carbocycles. The number of piperidine rings is 1. The first-order valence-electron chi connectivity index (χ1n) is 3.60. The number of fused-ring (bicyclic) bond motifs is 2. The van der Waals surface area contributed by atoms with E-state index in [4.69, 9.17) is 0 Å². The van der Waals surface area contributed by atoms with Gasteiger partial charge in [-0.05, 0) is 25.2 Å². The van der Waals surface area contributed by atoms with Crippen LogP contribution in [-0.4, -0.2) is 12.1 Å². The Labute approximate surface area is 50.5 Å². The number of hydrogen-bond donors (Lipinski definition) is 1. The second kappa shape index (κ2) is 1.47. The van der Waals surface area contributed by atoms with E-state index >= 15 is 0 Å². The molecule has 0 spiro atoms. The summed E-state index contributed by atoms with van der Waals surface area (Å²) in [5, 5.41) is 3.51. The summed E-state index contributed by atoms with van der Waals surface area (Å²) in [4.78, 5) is 0. The molecule has 2 unspecified atom stereocenters. The van der Waals surface area contributed by atoms with E-state index in [1.54, 1.807) is 0 Å². The van der Waals surface area contributed by atoms with Crippen molar-refractivity contribution in [3.63, 3.8) is 0 Å². The summed E-state index contributed by atoms with van der Waals surface area (Å²) in [5.41, 5.74) is 0. The van der Waals surface area contributed by atoms with Gasteiger partial charge in [0.15, 0.2) is 0 Å². The highest BCUT2D eigenvalue weighted by Gasteiger charge is 2.35. The second-order valence-electron chi connectivity index (χ2n) is 3.37. The summed E-state index contributed by atoms with van der Waals surface area (Å²) < 4.78 is 0. The fraction of sp³-hybridized carbons (Fsp3) is 1.00. The first-order chi connectivity index (χ1) is 3.84. The van der Waals surface area contributed by atoms with E-state index in [-0.39, 0.29) is 0 Å². The van der Waals surface area contributed by atoms with Gasteiger partial charge in [-0.3, -0.25) is 0 Å². The van der Waals surface area contributed by atoms with Gasteiger partial charge >= 0.3 is 0 Å². The lowest BCUT2D eigenvalue weighted by atomic mass is 9.77. The van der Waals surface area contributed by atoms with Crippen LogP contribution in [0.25, 0.3) is 0 Å². The Morgan fingerprint density at radius 2 is 1.62 bits per heavy atom. The number of nitrogens with one attached hydrogen (secondary N) is 1. The Hall–Kier alpha value is -0.0400. The van der Waals surface area contributed by atoms with Crippen molar-refractivity contribution < 1.29 is 0 Å². The molecule has 1 N–H and O–H groups in total. The van der Waals surface area contributed by atoms with Crippen LogP contribution in [0.1, 0.15) is 26.2 Å². The Kier molecular flexibility index (Phi) is 0.884. The fourth-order valence-electron chi connectivity index (χ4n) is 2.05. The first kappa shape index (κ1) is 4.80. The monoisotopic (exact) mass is 111 g/mol. The van der Waals surface area contributed by atoms with Gasteiger partial charge in [0.1, 0.15) is 0 Å². The van der Waals surface area contributed by atoms with Crippen molar-refractivity contribution in [1.29, 1.82) is 0 Å². The third-order valence-corrected chi connectivity index (χ3v) is 2.41. The van der Waals surface area contributed by atoms with E-state index in [9.17, 15) is 0 Å². The predicted molar refractivity (Wildman–Crippen MR) is 33.7 cm³/mol. The number of hydrogen-bond acceptors (Lipinski definition) is 1. The van der Waals surface area contributed by atoms with Crippen molar-refractivity contribution in [1.82, 2.24) is 5.32 Å². The molecule has 3 aliphatic rings. The molecule has 3 fully saturated rings. The van der Waals surface area contributed by atoms with Crippen LogP contribution in [0.2, 0.25) is 0 Å². The van der Waals surface area contributed by atoms with Crippen LogP contribution in [0, 0.1) is 5.92 Å². The van der Waals surface area contributed by atoms with Crippen molar-refractivity contribution in [3.05, 3.63) is 0 Å². The SMILES string of the molecule is CC1CC2C[C@@H](C1)N2. The maximum Gasteiger partial charge on any atom is 0.00870 e. The maximum absolute atomic E-state index is 3.51. The minimum Gasteiger partial charge on any atom is -0.311 e. The highest BCUT2D eigenvalue weighted by Crippen LogP contribution is 2.31. The quantitative estimate of drug-likeness (QED) is 0.494. The minimum absolute atomic E-state index is 0.906. The summed E-state index contributed by atoms with van der Waals surface area (Å²) in [6, 6.07) is 1.81. The zero-order chi connectivity index (χ0) is 5.56. The van der Waals surface area contributed by atoms with E-state index in [1.807, 2.05) is 0 Å². The van der Waals surface area contributed by atoms with E-state index in [2.05, 4.69) is 12.2 Å². The predicted octanol–water partition coefficient (Wildman–Crippen LogP) is 1.15. The molecule has 8 heavy (non-hydrogen) atoms. The molecule has 3 rings (SSSR count). The standard InChI is InChI=1S/C7H13N/c1-5-2-6-4-7(3-5)8-6/h5-8H,2-4H2,1H3/t5?,6-,7?/m1/s1. The molecule has 2 bridgehead atoms. The highest BCUT2D eigenvalue weighted by atomic mass is 15.0. The molecule has 2 aliphatic heterocycles. The van der Waals surface area contributed by atoms with Gasteiger partial charge in [-0.15, -0.1) is 0 Å². The van der Waals surface area contributed by atoms with Crippen LogP contribution in [0.4, 0.5) is 0 Å². The van der Waals surface area contributed by atoms with Gasteiger partial charge in [0.05, 0.1) is 0 Å². The van der Waals surface area contributed by atoms with Gasteiger partial charge in [0.25, 0.3) is 0 Å². The van der Waals surface area contributed by atoms with Crippen LogP contribution >= 0.6 is 0 Å². The van der Waals surface area contributed by atoms with Crippen LogP contribution in [0.5, 0.6) is 0 Å². The van der Waals surface area contributed by atoms with Crippen LogP contribution in [-0.2, 0) is 0 Å². The zero-order valence-electron chi connectivity index (χ0n) is 5.35. The van der Waals surface area contributed by atoms with Gasteiger partial charge < -0.3 is 5.32 Å². The van der Waals surface area contributed by atoms with Crippen LogP contribution in [0.15, 0.2) is 0 Å². The van der Waals surface area contributed by atoms with E-state index in [0.29, 0.717) is 0 Å². The molecule has 0 radical (unpaired) electrons. The van der Waals surface area contributed by atoms with Crippen molar-refractivity contribution in [2.75, 3.05) is 0 Å². The third-order valence-electron chi connectivity index (χ3n) is 2.41. The molecule has 1 nitrogen and oxygen atoms in total. The van der Waals surface area contributed by atoms with Crippen LogP contribution in [0.3, 0.4) is 0 Å². The van der Waals surface area contributed by atoms with E-state index in [1.165, 1.54) is 19.3 Å². The summed E-state index contributed by atoms with van der Waals surface area (Å²) in [6.45, 7) is 2.36. The lowest BCUT2D eigenvalue weighted by Crippen LogP contribution is -2.57. The molecule has 2 saturated heterocycles. The first-order valence-corrected chi connectivity index (χ1v) is 3.60. The summed E-state index contributed by atoms with van der Waals surface area (Å²) in [6.07, 6.45) is 4.32. The second-order valence-corrected chi connectivity index (χ2v) is 3.37. The van der Waals surface area contributed by atoms with Gasteiger partial charge in [0, 0.05) is 12.1 Å². The molecule has 0 aromatic rings. The molecule has 0 amide bonds. The zero-order valence-corrected chi connectivity index (χ0v) is 5.35. The van der Waals surface area contributed by atoms with E-state index in [0.717, 1.165) is 18.0 Å². The van der Waals surface area contributed by atoms with Gasteiger partial charge in [0.2, 0.25) is 0 Å². The largest absolute Gasteiger partial charge is 0.311 e. The molecule has 0 aromatic heterocycles. The smallest absolute Gasteiger partial charge is 0.00870 e. The molecule has 1 heteroatoms. The Balaban J connectivity index is 1.97. The lowest BCUT2D eigenvalue weighted by molar-refractivity contribution is 0.137.